The number of nitrogens with one attached hydrogen (secondary N) is 1. The monoisotopic (exact) mass is 327 g/mol. The van der Waals surface area contributed by atoms with Crippen LogP contribution in [0.25, 0.3) is 0 Å². The molecule has 0 spiro atoms. The molecule has 4 nitrogen and oxygen atoms in total. The summed E-state index contributed by atoms with van der Waals surface area (Å²) in [5.41, 5.74) is 2.93. The summed E-state index contributed by atoms with van der Waals surface area (Å²) in [7, 11) is 0. The number of aryl methyl sites for hydroxylation is 2. The summed E-state index contributed by atoms with van der Waals surface area (Å²) in [6.07, 6.45) is 0.0474. The smallest absolute Gasteiger partial charge is 0.265 e. The summed E-state index contributed by atoms with van der Waals surface area (Å²) in [4.78, 5) is 12.5. The molecule has 2 rings (SSSR count). The Bertz CT molecular complexity index is 677. The lowest BCUT2D eigenvalue weighted by atomic mass is 10.1. The Balaban J connectivity index is 2.07. The first-order valence-electron chi connectivity index (χ1n) is 8.30. The van der Waals surface area contributed by atoms with Crippen LogP contribution in [0.5, 0.6) is 11.5 Å². The van der Waals surface area contributed by atoms with Gasteiger partial charge in [-0.1, -0.05) is 19.1 Å². The normalized spacial score (nSPS) is 11.7. The van der Waals surface area contributed by atoms with E-state index in [-0.39, 0.29) is 5.91 Å². The minimum absolute atomic E-state index is 0.162. The van der Waals surface area contributed by atoms with Gasteiger partial charge in [0.2, 0.25) is 0 Å². The molecule has 1 amide bonds. The van der Waals surface area contributed by atoms with Crippen molar-refractivity contribution in [1.82, 2.24) is 0 Å². The van der Waals surface area contributed by atoms with E-state index in [1.807, 2.05) is 64.1 Å². The van der Waals surface area contributed by atoms with E-state index >= 15 is 0 Å². The summed E-state index contributed by atoms with van der Waals surface area (Å²) in [5.74, 6) is 1.29. The SMILES string of the molecule is CCOc1cccc(NC(=O)C(CC)Oc2cc(C)cc(C)c2)c1. The number of carbonyl (C=O) groups excluding carboxylic acids is 1. The van der Waals surface area contributed by atoms with Gasteiger partial charge in [0.25, 0.3) is 5.91 Å². The van der Waals surface area contributed by atoms with Crippen molar-refractivity contribution < 1.29 is 14.3 Å². The molecule has 2 aromatic carbocycles. The van der Waals surface area contributed by atoms with Crippen LogP contribution in [-0.2, 0) is 4.79 Å². The van der Waals surface area contributed by atoms with Gasteiger partial charge in [0, 0.05) is 11.8 Å². The van der Waals surface area contributed by atoms with E-state index < -0.39 is 6.10 Å². The average molecular weight is 327 g/mol. The lowest BCUT2D eigenvalue weighted by molar-refractivity contribution is -0.122. The summed E-state index contributed by atoms with van der Waals surface area (Å²) in [6.45, 7) is 8.48. The second-order valence-electron chi connectivity index (χ2n) is 5.79. The maximum absolute atomic E-state index is 12.5. The second-order valence-corrected chi connectivity index (χ2v) is 5.79. The predicted octanol–water partition coefficient (Wildman–Crippen LogP) is 4.50. The third kappa shape index (κ3) is 5.01. The lowest BCUT2D eigenvalue weighted by Crippen LogP contribution is -2.32. The lowest BCUT2D eigenvalue weighted by Gasteiger charge is -2.18. The van der Waals surface area contributed by atoms with Crippen molar-refractivity contribution in [2.24, 2.45) is 0 Å². The largest absolute Gasteiger partial charge is 0.494 e. The molecule has 0 fully saturated rings. The number of hydrogen-bond acceptors (Lipinski definition) is 3. The molecular weight excluding hydrogens is 302 g/mol. The maximum Gasteiger partial charge on any atom is 0.265 e. The Hall–Kier alpha value is -2.49. The van der Waals surface area contributed by atoms with Gasteiger partial charge in [-0.3, -0.25) is 4.79 Å². The highest BCUT2D eigenvalue weighted by Crippen LogP contribution is 2.21. The van der Waals surface area contributed by atoms with Gasteiger partial charge < -0.3 is 14.8 Å². The summed E-state index contributed by atoms with van der Waals surface area (Å²) in [5, 5.41) is 2.90. The molecule has 128 valence electrons. The van der Waals surface area contributed by atoms with E-state index in [0.29, 0.717) is 18.7 Å². The van der Waals surface area contributed by atoms with Crippen LogP contribution in [0.15, 0.2) is 42.5 Å². The number of amides is 1. The highest BCUT2D eigenvalue weighted by atomic mass is 16.5. The molecule has 0 radical (unpaired) electrons. The Labute approximate surface area is 143 Å². The van der Waals surface area contributed by atoms with E-state index in [1.54, 1.807) is 0 Å². The molecule has 0 aliphatic heterocycles. The molecule has 0 aliphatic rings. The van der Waals surface area contributed by atoms with Crippen molar-refractivity contribution in [3.8, 4) is 11.5 Å². The summed E-state index contributed by atoms with van der Waals surface area (Å²) >= 11 is 0. The topological polar surface area (TPSA) is 47.6 Å². The zero-order valence-electron chi connectivity index (χ0n) is 14.8. The van der Waals surface area contributed by atoms with Gasteiger partial charge in [-0.05, 0) is 62.6 Å². The van der Waals surface area contributed by atoms with E-state index in [1.165, 1.54) is 0 Å². The summed E-state index contributed by atoms with van der Waals surface area (Å²) < 4.78 is 11.3. The van der Waals surface area contributed by atoms with Crippen LogP contribution >= 0.6 is 0 Å². The average Bonchev–Trinajstić information content (AvgIpc) is 2.52. The third-order valence-electron chi connectivity index (χ3n) is 3.55. The van der Waals surface area contributed by atoms with Gasteiger partial charge in [0.15, 0.2) is 6.10 Å². The Morgan fingerprint density at radius 3 is 2.38 bits per heavy atom. The Morgan fingerprint density at radius 1 is 1.04 bits per heavy atom. The zero-order valence-corrected chi connectivity index (χ0v) is 14.8. The first-order chi connectivity index (χ1) is 11.5. The molecule has 0 aromatic heterocycles. The van der Waals surface area contributed by atoms with Crippen LogP contribution in [0, 0.1) is 13.8 Å². The Kier molecular flexibility index (Phi) is 6.24. The fourth-order valence-corrected chi connectivity index (χ4v) is 2.54. The van der Waals surface area contributed by atoms with E-state index in [9.17, 15) is 4.79 Å². The van der Waals surface area contributed by atoms with Crippen LogP contribution in [0.1, 0.15) is 31.4 Å². The number of carbonyl (C=O) groups is 1. The quantitative estimate of drug-likeness (QED) is 0.814. The molecule has 1 N–H and O–H groups in total. The van der Waals surface area contributed by atoms with Crippen LogP contribution in [-0.4, -0.2) is 18.6 Å². The van der Waals surface area contributed by atoms with E-state index in [0.717, 1.165) is 22.6 Å². The molecule has 24 heavy (non-hydrogen) atoms. The third-order valence-corrected chi connectivity index (χ3v) is 3.55. The van der Waals surface area contributed by atoms with Crippen molar-refractivity contribution in [3.05, 3.63) is 53.6 Å². The number of benzene rings is 2. The van der Waals surface area contributed by atoms with Crippen molar-refractivity contribution in [2.75, 3.05) is 11.9 Å². The molecule has 0 bridgehead atoms. The molecule has 1 atom stereocenters. The number of anilines is 1. The van der Waals surface area contributed by atoms with Gasteiger partial charge in [0.1, 0.15) is 11.5 Å². The molecule has 0 saturated heterocycles. The van der Waals surface area contributed by atoms with Crippen LogP contribution < -0.4 is 14.8 Å². The molecule has 0 saturated carbocycles. The highest BCUT2D eigenvalue weighted by Gasteiger charge is 2.19. The maximum atomic E-state index is 12.5. The van der Waals surface area contributed by atoms with Crippen molar-refractivity contribution in [3.63, 3.8) is 0 Å². The molecule has 1 unspecified atom stereocenters. The minimum atomic E-state index is -0.540. The number of ether oxygens (including phenoxy) is 2. The second kappa shape index (κ2) is 8.39. The van der Waals surface area contributed by atoms with Crippen LogP contribution in [0.2, 0.25) is 0 Å². The van der Waals surface area contributed by atoms with Crippen molar-refractivity contribution >= 4 is 11.6 Å². The van der Waals surface area contributed by atoms with Gasteiger partial charge in [-0.2, -0.15) is 0 Å². The van der Waals surface area contributed by atoms with Gasteiger partial charge in [-0.25, -0.2) is 0 Å². The highest BCUT2D eigenvalue weighted by molar-refractivity contribution is 5.94. The van der Waals surface area contributed by atoms with Crippen molar-refractivity contribution in [2.45, 2.75) is 40.2 Å². The van der Waals surface area contributed by atoms with E-state index in [2.05, 4.69) is 11.4 Å². The van der Waals surface area contributed by atoms with Gasteiger partial charge in [0.05, 0.1) is 6.61 Å². The molecule has 2 aromatic rings. The Morgan fingerprint density at radius 2 is 1.75 bits per heavy atom. The first-order valence-corrected chi connectivity index (χ1v) is 8.30. The first kappa shape index (κ1) is 17.9. The fraction of sp³-hybridized carbons (Fsp3) is 0.350. The van der Waals surface area contributed by atoms with Gasteiger partial charge in [-0.15, -0.1) is 0 Å². The number of hydrogen-bond donors (Lipinski definition) is 1. The summed E-state index contributed by atoms with van der Waals surface area (Å²) in [6, 6.07) is 13.3. The van der Waals surface area contributed by atoms with Crippen LogP contribution in [0.3, 0.4) is 0 Å². The standard InChI is InChI=1S/C20H25NO3/c1-5-19(24-18-11-14(3)10-15(4)12-18)20(22)21-16-8-7-9-17(13-16)23-6-2/h7-13,19H,5-6H2,1-4H3,(H,21,22). The minimum Gasteiger partial charge on any atom is -0.494 e. The zero-order chi connectivity index (χ0) is 17.5. The number of rotatable bonds is 7. The van der Waals surface area contributed by atoms with Crippen molar-refractivity contribution in [1.29, 1.82) is 0 Å². The van der Waals surface area contributed by atoms with Crippen LogP contribution in [0.4, 0.5) is 5.69 Å². The predicted molar refractivity (Wildman–Crippen MR) is 96.9 cm³/mol. The molecule has 4 heteroatoms. The molecular formula is C20H25NO3. The van der Waals surface area contributed by atoms with E-state index in [4.69, 9.17) is 9.47 Å². The fourth-order valence-electron chi connectivity index (χ4n) is 2.54. The molecule has 0 aliphatic carbocycles. The van der Waals surface area contributed by atoms with Gasteiger partial charge >= 0.3 is 0 Å². The molecule has 0 heterocycles.